The fourth-order valence-corrected chi connectivity index (χ4v) is 3.10. The first-order chi connectivity index (χ1) is 9.27. The van der Waals surface area contributed by atoms with Gasteiger partial charge in [-0.15, -0.1) is 11.8 Å². The van der Waals surface area contributed by atoms with E-state index >= 15 is 0 Å². The summed E-state index contributed by atoms with van der Waals surface area (Å²) in [6.45, 7) is 2.92. The van der Waals surface area contributed by atoms with Gasteiger partial charge < -0.3 is 10.2 Å². The van der Waals surface area contributed by atoms with Gasteiger partial charge in [0.1, 0.15) is 0 Å². The van der Waals surface area contributed by atoms with Crippen LogP contribution in [0.4, 0.5) is 0 Å². The number of thioether (sulfide) groups is 1. The molecule has 0 spiro atoms. The molecule has 0 aliphatic carbocycles. The fourth-order valence-electron chi connectivity index (χ4n) is 1.97. The molecule has 1 N–H and O–H groups in total. The summed E-state index contributed by atoms with van der Waals surface area (Å²) in [7, 11) is 0. The minimum Gasteiger partial charge on any atom is -0.340 e. The van der Waals surface area contributed by atoms with Crippen LogP contribution >= 0.6 is 11.8 Å². The van der Waals surface area contributed by atoms with E-state index in [0.717, 1.165) is 25.9 Å². The lowest BCUT2D eigenvalue weighted by Crippen LogP contribution is -2.35. The molecule has 1 aliphatic rings. The standard InChI is InChI=1S/C13H20N4OS/c14-5-1-9-17(10-2-6-15)13(18)11-19-12-3-7-16-8-4-12/h12,16H,1-4,7-11H2. The summed E-state index contributed by atoms with van der Waals surface area (Å²) < 4.78 is 0. The molecule has 0 aromatic heterocycles. The van der Waals surface area contributed by atoms with Gasteiger partial charge in [0.25, 0.3) is 0 Å². The van der Waals surface area contributed by atoms with Gasteiger partial charge in [-0.3, -0.25) is 4.79 Å². The highest BCUT2D eigenvalue weighted by atomic mass is 32.2. The highest BCUT2D eigenvalue weighted by Crippen LogP contribution is 2.20. The Bertz CT molecular complexity index is 337. The second kappa shape index (κ2) is 9.66. The van der Waals surface area contributed by atoms with Crippen LogP contribution in [-0.4, -0.2) is 48.0 Å². The molecular weight excluding hydrogens is 260 g/mol. The molecule has 0 aromatic carbocycles. The second-order valence-electron chi connectivity index (χ2n) is 4.46. The molecule has 1 amide bonds. The minimum absolute atomic E-state index is 0.0500. The number of rotatable bonds is 7. The van der Waals surface area contributed by atoms with Crippen molar-refractivity contribution in [2.75, 3.05) is 31.9 Å². The molecule has 0 unspecified atom stereocenters. The van der Waals surface area contributed by atoms with Crippen molar-refractivity contribution >= 4 is 17.7 Å². The van der Waals surface area contributed by atoms with E-state index in [9.17, 15) is 4.79 Å². The van der Waals surface area contributed by atoms with Crippen molar-refractivity contribution in [1.29, 1.82) is 10.5 Å². The van der Waals surface area contributed by atoms with E-state index in [0.29, 0.717) is 36.9 Å². The Morgan fingerprint density at radius 3 is 2.32 bits per heavy atom. The Morgan fingerprint density at radius 1 is 1.21 bits per heavy atom. The van der Waals surface area contributed by atoms with Crippen LogP contribution in [0.15, 0.2) is 0 Å². The average Bonchev–Trinajstić information content (AvgIpc) is 2.46. The molecule has 0 radical (unpaired) electrons. The van der Waals surface area contributed by atoms with Gasteiger partial charge in [0.2, 0.25) is 5.91 Å². The first kappa shape index (κ1) is 15.8. The van der Waals surface area contributed by atoms with E-state index in [1.165, 1.54) is 0 Å². The minimum atomic E-state index is 0.0500. The van der Waals surface area contributed by atoms with Crippen LogP contribution in [0.25, 0.3) is 0 Å². The molecule has 0 saturated carbocycles. The van der Waals surface area contributed by atoms with Crippen LogP contribution in [0.5, 0.6) is 0 Å². The normalized spacial score (nSPS) is 15.5. The SMILES string of the molecule is N#CCCN(CCC#N)C(=O)CSC1CCNCC1. The Balaban J connectivity index is 2.33. The maximum Gasteiger partial charge on any atom is 0.232 e. The zero-order valence-electron chi connectivity index (χ0n) is 11.1. The number of hydrogen-bond donors (Lipinski definition) is 1. The van der Waals surface area contributed by atoms with Crippen LogP contribution in [0, 0.1) is 22.7 Å². The third-order valence-electron chi connectivity index (χ3n) is 3.07. The number of carbonyl (C=O) groups excluding carboxylic acids is 1. The zero-order valence-corrected chi connectivity index (χ0v) is 11.9. The lowest BCUT2D eigenvalue weighted by molar-refractivity contribution is -0.128. The van der Waals surface area contributed by atoms with E-state index in [-0.39, 0.29) is 5.91 Å². The van der Waals surface area contributed by atoms with E-state index in [1.54, 1.807) is 16.7 Å². The molecule has 1 heterocycles. The molecule has 19 heavy (non-hydrogen) atoms. The van der Waals surface area contributed by atoms with Crippen molar-refractivity contribution in [3.8, 4) is 12.1 Å². The van der Waals surface area contributed by atoms with E-state index in [1.807, 2.05) is 12.1 Å². The predicted octanol–water partition coefficient (Wildman–Crippen LogP) is 1.13. The van der Waals surface area contributed by atoms with Crippen molar-refractivity contribution in [3.05, 3.63) is 0 Å². The number of nitriles is 2. The van der Waals surface area contributed by atoms with Gasteiger partial charge in [-0.1, -0.05) is 0 Å². The quantitative estimate of drug-likeness (QED) is 0.756. The molecule has 0 bridgehead atoms. The summed E-state index contributed by atoms with van der Waals surface area (Å²) in [5, 5.41) is 21.0. The van der Waals surface area contributed by atoms with Crippen molar-refractivity contribution in [3.63, 3.8) is 0 Å². The van der Waals surface area contributed by atoms with Crippen LogP contribution in [0.2, 0.25) is 0 Å². The van der Waals surface area contributed by atoms with Gasteiger partial charge >= 0.3 is 0 Å². The molecule has 1 fully saturated rings. The van der Waals surface area contributed by atoms with Gasteiger partial charge in [0, 0.05) is 18.3 Å². The van der Waals surface area contributed by atoms with Crippen molar-refractivity contribution in [1.82, 2.24) is 10.2 Å². The highest BCUT2D eigenvalue weighted by Gasteiger charge is 2.18. The van der Waals surface area contributed by atoms with Gasteiger partial charge in [-0.25, -0.2) is 0 Å². The fraction of sp³-hybridized carbons (Fsp3) is 0.769. The average molecular weight is 280 g/mol. The molecular formula is C13H20N4OS. The first-order valence-electron chi connectivity index (χ1n) is 6.62. The van der Waals surface area contributed by atoms with Gasteiger partial charge in [-0.2, -0.15) is 10.5 Å². The number of piperidine rings is 1. The summed E-state index contributed by atoms with van der Waals surface area (Å²) >= 11 is 1.70. The summed E-state index contributed by atoms with van der Waals surface area (Å²) in [4.78, 5) is 13.7. The summed E-state index contributed by atoms with van der Waals surface area (Å²) in [5.41, 5.74) is 0. The Kier molecular flexibility index (Phi) is 8.04. The van der Waals surface area contributed by atoms with Crippen molar-refractivity contribution in [2.45, 2.75) is 30.9 Å². The van der Waals surface area contributed by atoms with Crippen LogP contribution in [-0.2, 0) is 4.79 Å². The van der Waals surface area contributed by atoms with Crippen LogP contribution in [0.1, 0.15) is 25.7 Å². The maximum atomic E-state index is 12.1. The molecule has 1 saturated heterocycles. The Labute approximate surface area is 118 Å². The van der Waals surface area contributed by atoms with Gasteiger partial charge in [0.05, 0.1) is 30.7 Å². The molecule has 0 atom stereocenters. The molecule has 6 heteroatoms. The topological polar surface area (TPSA) is 79.9 Å². The van der Waals surface area contributed by atoms with Crippen LogP contribution < -0.4 is 5.32 Å². The summed E-state index contributed by atoms with van der Waals surface area (Å²) in [6, 6.07) is 4.09. The highest BCUT2D eigenvalue weighted by molar-refractivity contribution is 8.00. The monoisotopic (exact) mass is 280 g/mol. The number of nitrogens with one attached hydrogen (secondary N) is 1. The largest absolute Gasteiger partial charge is 0.340 e. The Morgan fingerprint density at radius 2 is 1.79 bits per heavy atom. The third kappa shape index (κ3) is 6.47. The maximum absolute atomic E-state index is 12.1. The van der Waals surface area contributed by atoms with Crippen molar-refractivity contribution < 1.29 is 4.79 Å². The van der Waals surface area contributed by atoms with Gasteiger partial charge in [-0.05, 0) is 25.9 Å². The second-order valence-corrected chi connectivity index (χ2v) is 5.75. The first-order valence-corrected chi connectivity index (χ1v) is 7.66. The van der Waals surface area contributed by atoms with E-state index < -0.39 is 0 Å². The summed E-state index contributed by atoms with van der Waals surface area (Å²) in [5.74, 6) is 0.510. The lowest BCUT2D eigenvalue weighted by atomic mass is 10.2. The zero-order chi connectivity index (χ0) is 13.9. The molecule has 1 rings (SSSR count). The Hall–Kier alpha value is -1.24. The van der Waals surface area contributed by atoms with Crippen LogP contribution in [0.3, 0.4) is 0 Å². The van der Waals surface area contributed by atoms with Gasteiger partial charge in [0.15, 0.2) is 0 Å². The molecule has 5 nitrogen and oxygen atoms in total. The number of nitrogens with zero attached hydrogens (tertiary/aromatic N) is 3. The lowest BCUT2D eigenvalue weighted by Gasteiger charge is -2.24. The number of amides is 1. The number of hydrogen-bond acceptors (Lipinski definition) is 5. The predicted molar refractivity (Wildman–Crippen MR) is 75.4 cm³/mol. The molecule has 104 valence electrons. The van der Waals surface area contributed by atoms with Crippen molar-refractivity contribution in [2.24, 2.45) is 0 Å². The third-order valence-corrected chi connectivity index (χ3v) is 4.42. The molecule has 0 aromatic rings. The smallest absolute Gasteiger partial charge is 0.232 e. The summed E-state index contributed by atoms with van der Waals surface area (Å²) in [6.07, 6.45) is 2.87. The van der Waals surface area contributed by atoms with E-state index in [2.05, 4.69) is 5.32 Å². The molecule has 1 aliphatic heterocycles. The van der Waals surface area contributed by atoms with E-state index in [4.69, 9.17) is 10.5 Å². The number of carbonyl (C=O) groups is 1.